The van der Waals surface area contributed by atoms with Gasteiger partial charge < -0.3 is 9.84 Å². The lowest BCUT2D eigenvalue weighted by atomic mass is 10.2. The molecule has 0 fully saturated rings. The summed E-state index contributed by atoms with van der Waals surface area (Å²) in [5, 5.41) is 8.48. The lowest BCUT2D eigenvalue weighted by molar-refractivity contribution is -0.140. The molecule has 1 unspecified atom stereocenters. The van der Waals surface area contributed by atoms with Crippen LogP contribution in [0.3, 0.4) is 0 Å². The van der Waals surface area contributed by atoms with Crippen LogP contribution in [0.15, 0.2) is 24.3 Å². The molecular formula is C12H13F3O3. The molecule has 6 heteroatoms. The van der Waals surface area contributed by atoms with E-state index in [9.17, 15) is 18.0 Å². The molecule has 1 aromatic rings. The van der Waals surface area contributed by atoms with Gasteiger partial charge in [-0.3, -0.25) is 4.79 Å². The van der Waals surface area contributed by atoms with Crippen molar-refractivity contribution in [1.82, 2.24) is 0 Å². The third-order valence-electron chi connectivity index (χ3n) is 2.29. The van der Waals surface area contributed by atoms with Gasteiger partial charge in [0, 0.05) is 6.42 Å². The lowest BCUT2D eigenvalue weighted by Crippen LogP contribution is -2.16. The van der Waals surface area contributed by atoms with Crippen LogP contribution in [0.5, 0.6) is 5.75 Å². The van der Waals surface area contributed by atoms with Crippen LogP contribution in [0, 0.1) is 0 Å². The van der Waals surface area contributed by atoms with Crippen molar-refractivity contribution in [3.8, 4) is 5.75 Å². The highest BCUT2D eigenvalue weighted by molar-refractivity contribution is 5.66. The van der Waals surface area contributed by atoms with Crippen molar-refractivity contribution < 1.29 is 27.8 Å². The van der Waals surface area contributed by atoms with Gasteiger partial charge in [0.1, 0.15) is 5.75 Å². The summed E-state index contributed by atoms with van der Waals surface area (Å²) in [6, 6.07) is 4.87. The molecule has 0 heterocycles. The second-order valence-corrected chi connectivity index (χ2v) is 3.85. The van der Waals surface area contributed by atoms with Crippen LogP contribution in [0.2, 0.25) is 0 Å². The predicted molar refractivity (Wildman–Crippen MR) is 58.4 cm³/mol. The number of hydrogen-bond donors (Lipinski definition) is 1. The monoisotopic (exact) mass is 262 g/mol. The predicted octanol–water partition coefficient (Wildman–Crippen LogP) is 3.34. The Morgan fingerprint density at radius 3 is 2.56 bits per heavy atom. The summed E-state index contributed by atoms with van der Waals surface area (Å²) in [6.45, 7) is 1.54. The van der Waals surface area contributed by atoms with E-state index in [0.717, 1.165) is 6.07 Å². The summed E-state index contributed by atoms with van der Waals surface area (Å²) in [5.74, 6) is -1.28. The second-order valence-electron chi connectivity index (χ2n) is 3.85. The number of para-hydroxylation sites is 1. The number of carboxylic acids is 1. The highest BCUT2D eigenvalue weighted by atomic mass is 19.4. The molecule has 0 spiro atoms. The summed E-state index contributed by atoms with van der Waals surface area (Å²) in [6.07, 6.45) is -5.07. The number of alkyl halides is 3. The summed E-state index contributed by atoms with van der Waals surface area (Å²) >= 11 is 0. The van der Waals surface area contributed by atoms with Gasteiger partial charge in [0.25, 0.3) is 0 Å². The fourth-order valence-corrected chi connectivity index (χ4v) is 1.41. The Labute approximate surface area is 102 Å². The van der Waals surface area contributed by atoms with Crippen LogP contribution in [0.1, 0.15) is 25.3 Å². The maximum atomic E-state index is 12.6. The van der Waals surface area contributed by atoms with E-state index >= 15 is 0 Å². The Morgan fingerprint density at radius 1 is 1.39 bits per heavy atom. The Kier molecular flexibility index (Phi) is 4.58. The highest BCUT2D eigenvalue weighted by Gasteiger charge is 2.34. The topological polar surface area (TPSA) is 46.5 Å². The SMILES string of the molecule is CC(CCC(=O)O)Oc1ccccc1C(F)(F)F. The number of carbonyl (C=O) groups is 1. The average molecular weight is 262 g/mol. The summed E-state index contributed by atoms with van der Waals surface area (Å²) in [5.41, 5.74) is -0.854. The number of aliphatic carboxylic acids is 1. The molecule has 0 amide bonds. The molecule has 18 heavy (non-hydrogen) atoms. The molecule has 100 valence electrons. The van der Waals surface area contributed by atoms with E-state index in [0.29, 0.717) is 0 Å². The number of rotatable bonds is 5. The first-order chi connectivity index (χ1) is 8.30. The lowest BCUT2D eigenvalue weighted by Gasteiger charge is -2.18. The van der Waals surface area contributed by atoms with Crippen LogP contribution in [0.4, 0.5) is 13.2 Å². The number of ether oxygens (including phenoxy) is 1. The highest BCUT2D eigenvalue weighted by Crippen LogP contribution is 2.36. The van der Waals surface area contributed by atoms with Crippen molar-refractivity contribution in [1.29, 1.82) is 0 Å². The molecule has 0 saturated carbocycles. The molecule has 0 aliphatic heterocycles. The molecule has 0 aliphatic carbocycles. The van der Waals surface area contributed by atoms with Gasteiger partial charge in [-0.15, -0.1) is 0 Å². The molecule has 0 radical (unpaired) electrons. The molecule has 1 aromatic carbocycles. The van der Waals surface area contributed by atoms with Crippen molar-refractivity contribution in [3.05, 3.63) is 29.8 Å². The van der Waals surface area contributed by atoms with Crippen LogP contribution < -0.4 is 4.74 Å². The standard InChI is InChI=1S/C12H13F3O3/c1-8(6-7-11(16)17)18-10-5-3-2-4-9(10)12(13,14)15/h2-5,8H,6-7H2,1H3,(H,16,17). The molecule has 0 bridgehead atoms. The smallest absolute Gasteiger partial charge is 0.419 e. The Hall–Kier alpha value is -1.72. The average Bonchev–Trinajstić information content (AvgIpc) is 2.25. The van der Waals surface area contributed by atoms with Gasteiger partial charge in [0.2, 0.25) is 0 Å². The normalized spacial score (nSPS) is 13.1. The van der Waals surface area contributed by atoms with Gasteiger partial charge in [-0.1, -0.05) is 12.1 Å². The number of carboxylic acid groups (broad SMARTS) is 1. The first-order valence-corrected chi connectivity index (χ1v) is 5.35. The van der Waals surface area contributed by atoms with Gasteiger partial charge in [-0.25, -0.2) is 0 Å². The minimum atomic E-state index is -4.48. The van der Waals surface area contributed by atoms with Crippen LogP contribution >= 0.6 is 0 Å². The van der Waals surface area contributed by atoms with Gasteiger partial charge in [-0.2, -0.15) is 13.2 Å². The van der Waals surface area contributed by atoms with Crippen molar-refractivity contribution in [3.63, 3.8) is 0 Å². The molecule has 3 nitrogen and oxygen atoms in total. The quantitative estimate of drug-likeness (QED) is 0.885. The third kappa shape index (κ3) is 4.27. The fourth-order valence-electron chi connectivity index (χ4n) is 1.41. The summed E-state index contributed by atoms with van der Waals surface area (Å²) in [7, 11) is 0. The van der Waals surface area contributed by atoms with Crippen molar-refractivity contribution in [2.24, 2.45) is 0 Å². The Morgan fingerprint density at radius 2 is 2.00 bits per heavy atom. The minimum Gasteiger partial charge on any atom is -0.490 e. The number of benzene rings is 1. The molecule has 1 N–H and O–H groups in total. The zero-order chi connectivity index (χ0) is 13.8. The first-order valence-electron chi connectivity index (χ1n) is 5.35. The molecule has 1 rings (SSSR count). The van der Waals surface area contributed by atoms with E-state index in [1.807, 2.05) is 0 Å². The van der Waals surface area contributed by atoms with E-state index in [1.165, 1.54) is 25.1 Å². The zero-order valence-electron chi connectivity index (χ0n) is 9.70. The fraction of sp³-hybridized carbons (Fsp3) is 0.417. The van der Waals surface area contributed by atoms with Gasteiger partial charge >= 0.3 is 12.1 Å². The molecular weight excluding hydrogens is 249 g/mol. The maximum absolute atomic E-state index is 12.6. The van der Waals surface area contributed by atoms with E-state index < -0.39 is 23.8 Å². The van der Waals surface area contributed by atoms with Crippen molar-refractivity contribution >= 4 is 5.97 Å². The molecule has 1 atom stereocenters. The van der Waals surface area contributed by atoms with Gasteiger partial charge in [-0.05, 0) is 25.5 Å². The van der Waals surface area contributed by atoms with E-state index in [4.69, 9.17) is 9.84 Å². The maximum Gasteiger partial charge on any atom is 0.419 e. The number of hydrogen-bond acceptors (Lipinski definition) is 2. The van der Waals surface area contributed by atoms with E-state index in [2.05, 4.69) is 0 Å². The van der Waals surface area contributed by atoms with E-state index in [-0.39, 0.29) is 18.6 Å². The van der Waals surface area contributed by atoms with E-state index in [1.54, 1.807) is 0 Å². The van der Waals surface area contributed by atoms with Crippen molar-refractivity contribution in [2.75, 3.05) is 0 Å². The molecule has 0 aliphatic rings. The summed E-state index contributed by atoms with van der Waals surface area (Å²) < 4.78 is 43.1. The Balaban J connectivity index is 2.75. The largest absolute Gasteiger partial charge is 0.490 e. The third-order valence-corrected chi connectivity index (χ3v) is 2.29. The van der Waals surface area contributed by atoms with Crippen LogP contribution in [-0.4, -0.2) is 17.2 Å². The van der Waals surface area contributed by atoms with Crippen LogP contribution in [0.25, 0.3) is 0 Å². The Bertz CT molecular complexity index is 415. The minimum absolute atomic E-state index is 0.144. The molecule has 0 saturated heterocycles. The first kappa shape index (κ1) is 14.3. The molecule has 0 aromatic heterocycles. The van der Waals surface area contributed by atoms with Crippen molar-refractivity contribution in [2.45, 2.75) is 32.0 Å². The number of halogens is 3. The van der Waals surface area contributed by atoms with Crippen LogP contribution in [-0.2, 0) is 11.0 Å². The van der Waals surface area contributed by atoms with Gasteiger partial charge in [0.15, 0.2) is 0 Å². The van der Waals surface area contributed by atoms with Gasteiger partial charge in [0.05, 0.1) is 11.7 Å². The summed E-state index contributed by atoms with van der Waals surface area (Å²) in [4.78, 5) is 10.3. The second kappa shape index (κ2) is 5.75. The zero-order valence-corrected chi connectivity index (χ0v) is 9.70.